The van der Waals surface area contributed by atoms with Crippen molar-refractivity contribution in [3.05, 3.63) is 34.9 Å². The Bertz CT molecular complexity index is 508. The van der Waals surface area contributed by atoms with Crippen LogP contribution in [0.2, 0.25) is 0 Å². The van der Waals surface area contributed by atoms with E-state index in [-0.39, 0.29) is 0 Å². The number of aryl methyl sites for hydroxylation is 2. The van der Waals surface area contributed by atoms with Gasteiger partial charge in [0.2, 0.25) is 0 Å². The lowest BCUT2D eigenvalue weighted by Gasteiger charge is -2.56. The number of rotatable bonds is 3. The van der Waals surface area contributed by atoms with E-state index in [9.17, 15) is 0 Å². The molecule has 1 atom stereocenters. The third-order valence-electron chi connectivity index (χ3n) is 6.62. The van der Waals surface area contributed by atoms with Crippen molar-refractivity contribution in [3.63, 3.8) is 0 Å². The Morgan fingerprint density at radius 1 is 1.00 bits per heavy atom. The summed E-state index contributed by atoms with van der Waals surface area (Å²) in [5, 5.41) is 0. The van der Waals surface area contributed by atoms with Crippen LogP contribution in [-0.2, 0) is 0 Å². The van der Waals surface area contributed by atoms with Gasteiger partial charge in [0.1, 0.15) is 0 Å². The highest BCUT2D eigenvalue weighted by molar-refractivity contribution is 5.33. The molecule has 5 rings (SSSR count). The summed E-state index contributed by atoms with van der Waals surface area (Å²) in [6.45, 7) is 4.41. The number of hydrazine groups is 1. The molecule has 2 nitrogen and oxygen atoms in total. The lowest BCUT2D eigenvalue weighted by atomic mass is 9.50. The molecule has 0 amide bonds. The second kappa shape index (κ2) is 5.10. The molecule has 2 heteroatoms. The minimum absolute atomic E-state index is 0.348. The standard InChI is InChI=1S/C19H28N2/c1-11-3-4-17(12(2)5-11)19(21-20)18-15-7-13-6-14(9-15)10-16(18)8-13/h3-5,13-16,18-19,21H,6-10,20H2,1-2H3. The van der Waals surface area contributed by atoms with Gasteiger partial charge in [0.15, 0.2) is 0 Å². The van der Waals surface area contributed by atoms with Crippen molar-refractivity contribution >= 4 is 0 Å². The Morgan fingerprint density at radius 2 is 1.62 bits per heavy atom. The van der Waals surface area contributed by atoms with Crippen LogP contribution in [0.5, 0.6) is 0 Å². The topological polar surface area (TPSA) is 38.0 Å². The smallest absolute Gasteiger partial charge is 0.0496 e. The highest BCUT2D eigenvalue weighted by Gasteiger charge is 2.50. The van der Waals surface area contributed by atoms with Gasteiger partial charge in [-0.15, -0.1) is 0 Å². The summed E-state index contributed by atoms with van der Waals surface area (Å²) < 4.78 is 0. The molecule has 4 aliphatic rings. The van der Waals surface area contributed by atoms with Crippen molar-refractivity contribution in [2.45, 2.75) is 52.0 Å². The van der Waals surface area contributed by atoms with Crippen LogP contribution in [0, 0.1) is 43.4 Å². The summed E-state index contributed by atoms with van der Waals surface area (Å²) in [7, 11) is 0. The molecule has 1 aromatic carbocycles. The third kappa shape index (κ3) is 2.24. The summed E-state index contributed by atoms with van der Waals surface area (Å²) in [5.41, 5.74) is 7.38. The predicted octanol–water partition coefficient (Wildman–Crippen LogP) is 3.88. The van der Waals surface area contributed by atoms with E-state index in [0.717, 1.165) is 29.6 Å². The van der Waals surface area contributed by atoms with Crippen LogP contribution in [0.1, 0.15) is 54.8 Å². The Balaban J connectivity index is 1.67. The number of nitrogens with two attached hydrogens (primary N) is 1. The lowest BCUT2D eigenvalue weighted by molar-refractivity contribution is -0.0526. The van der Waals surface area contributed by atoms with Crippen molar-refractivity contribution in [3.8, 4) is 0 Å². The molecule has 3 N–H and O–H groups in total. The number of hydrogen-bond acceptors (Lipinski definition) is 2. The molecule has 4 saturated carbocycles. The fourth-order valence-electron chi connectivity index (χ4n) is 6.09. The van der Waals surface area contributed by atoms with E-state index in [1.807, 2.05) is 0 Å². The molecule has 4 aliphatic carbocycles. The monoisotopic (exact) mass is 284 g/mol. The summed E-state index contributed by atoms with van der Waals surface area (Å²) in [6.07, 6.45) is 7.35. The van der Waals surface area contributed by atoms with Crippen LogP contribution in [0.25, 0.3) is 0 Å². The van der Waals surface area contributed by atoms with Gasteiger partial charge in [0, 0.05) is 6.04 Å². The van der Waals surface area contributed by atoms with Gasteiger partial charge in [-0.05, 0) is 86.7 Å². The van der Waals surface area contributed by atoms with E-state index in [0.29, 0.717) is 6.04 Å². The van der Waals surface area contributed by atoms with Crippen molar-refractivity contribution in [1.82, 2.24) is 5.43 Å². The van der Waals surface area contributed by atoms with E-state index < -0.39 is 0 Å². The first-order valence-electron chi connectivity index (χ1n) is 8.69. The first-order valence-corrected chi connectivity index (χ1v) is 8.69. The zero-order valence-electron chi connectivity index (χ0n) is 13.3. The zero-order valence-corrected chi connectivity index (χ0v) is 13.3. The molecule has 4 fully saturated rings. The lowest BCUT2D eigenvalue weighted by Crippen LogP contribution is -2.50. The van der Waals surface area contributed by atoms with Gasteiger partial charge in [-0.1, -0.05) is 23.8 Å². The van der Waals surface area contributed by atoms with Gasteiger partial charge in [-0.25, -0.2) is 0 Å². The minimum atomic E-state index is 0.348. The van der Waals surface area contributed by atoms with Crippen LogP contribution in [0.3, 0.4) is 0 Å². The van der Waals surface area contributed by atoms with Crippen LogP contribution >= 0.6 is 0 Å². The maximum absolute atomic E-state index is 6.04. The van der Waals surface area contributed by atoms with E-state index in [2.05, 4.69) is 37.5 Å². The average molecular weight is 284 g/mol. The Kier molecular flexibility index (Phi) is 3.35. The summed E-state index contributed by atoms with van der Waals surface area (Å²) >= 11 is 0. The first-order chi connectivity index (χ1) is 10.2. The van der Waals surface area contributed by atoms with Gasteiger partial charge < -0.3 is 0 Å². The van der Waals surface area contributed by atoms with E-state index in [1.165, 1.54) is 48.8 Å². The minimum Gasteiger partial charge on any atom is -0.271 e. The number of nitrogens with one attached hydrogen (secondary N) is 1. The van der Waals surface area contributed by atoms with Crippen molar-refractivity contribution in [2.75, 3.05) is 0 Å². The third-order valence-corrected chi connectivity index (χ3v) is 6.62. The molecular weight excluding hydrogens is 256 g/mol. The molecule has 0 radical (unpaired) electrons. The molecular formula is C19H28N2. The molecule has 114 valence electrons. The average Bonchev–Trinajstić information content (AvgIpc) is 2.43. The number of hydrogen-bond donors (Lipinski definition) is 2. The Hall–Kier alpha value is -0.860. The van der Waals surface area contributed by atoms with Crippen LogP contribution in [-0.4, -0.2) is 0 Å². The van der Waals surface area contributed by atoms with Crippen LogP contribution < -0.4 is 11.3 Å². The highest BCUT2D eigenvalue weighted by atomic mass is 15.2. The highest BCUT2D eigenvalue weighted by Crippen LogP contribution is 2.59. The summed E-state index contributed by atoms with van der Waals surface area (Å²) in [6, 6.07) is 7.19. The van der Waals surface area contributed by atoms with E-state index in [1.54, 1.807) is 0 Å². The van der Waals surface area contributed by atoms with Crippen LogP contribution in [0.15, 0.2) is 18.2 Å². The summed E-state index contributed by atoms with van der Waals surface area (Å²) in [5.74, 6) is 10.7. The van der Waals surface area contributed by atoms with Crippen LogP contribution in [0.4, 0.5) is 0 Å². The van der Waals surface area contributed by atoms with Gasteiger partial charge in [0.25, 0.3) is 0 Å². The SMILES string of the molecule is Cc1ccc(C(NN)C2C3CC4CC(C3)CC2C4)c(C)c1. The van der Waals surface area contributed by atoms with Crippen molar-refractivity contribution < 1.29 is 0 Å². The molecule has 0 aromatic heterocycles. The molecule has 0 saturated heterocycles. The second-order valence-electron chi connectivity index (χ2n) is 8.01. The molecule has 1 aromatic rings. The summed E-state index contributed by atoms with van der Waals surface area (Å²) in [4.78, 5) is 0. The normalized spacial score (nSPS) is 38.7. The fraction of sp³-hybridized carbons (Fsp3) is 0.684. The van der Waals surface area contributed by atoms with E-state index >= 15 is 0 Å². The Morgan fingerprint density at radius 3 is 2.14 bits per heavy atom. The molecule has 4 bridgehead atoms. The zero-order chi connectivity index (χ0) is 14.6. The molecule has 0 spiro atoms. The fourth-order valence-corrected chi connectivity index (χ4v) is 6.09. The van der Waals surface area contributed by atoms with E-state index in [4.69, 9.17) is 5.84 Å². The van der Waals surface area contributed by atoms with Crippen molar-refractivity contribution in [1.29, 1.82) is 0 Å². The van der Waals surface area contributed by atoms with Crippen molar-refractivity contribution in [2.24, 2.45) is 35.4 Å². The quantitative estimate of drug-likeness (QED) is 0.653. The number of benzene rings is 1. The predicted molar refractivity (Wildman–Crippen MR) is 86.5 cm³/mol. The maximum atomic E-state index is 6.04. The molecule has 0 heterocycles. The Labute approximate surface area is 128 Å². The van der Waals surface area contributed by atoms with Gasteiger partial charge in [-0.2, -0.15) is 0 Å². The largest absolute Gasteiger partial charge is 0.271 e. The van der Waals surface area contributed by atoms with Gasteiger partial charge >= 0.3 is 0 Å². The molecule has 21 heavy (non-hydrogen) atoms. The van der Waals surface area contributed by atoms with Gasteiger partial charge in [0.05, 0.1) is 0 Å². The first kappa shape index (κ1) is 13.8. The maximum Gasteiger partial charge on any atom is 0.0496 e. The second-order valence-corrected chi connectivity index (χ2v) is 8.01. The molecule has 0 aliphatic heterocycles. The van der Waals surface area contributed by atoms with Gasteiger partial charge in [-0.3, -0.25) is 11.3 Å². The molecule has 1 unspecified atom stereocenters.